The second kappa shape index (κ2) is 4.84. The van der Waals surface area contributed by atoms with Gasteiger partial charge in [-0.3, -0.25) is 4.89 Å². The standard InChI is InChI=1S/C8H11O4PS/c1-2-7-3-5-8(6-4-7)11-13(9,10)12-14/h3-6,14H,2H2,1H3,(H,9,10). The maximum atomic E-state index is 10.9. The minimum atomic E-state index is -4.05. The number of aryl methyl sites for hydroxylation is 1. The van der Waals surface area contributed by atoms with E-state index in [4.69, 9.17) is 4.89 Å². The van der Waals surface area contributed by atoms with Gasteiger partial charge in [-0.05, 0) is 37.0 Å². The molecule has 0 heterocycles. The Kier molecular flexibility index (Phi) is 4.01. The first kappa shape index (κ1) is 11.6. The molecule has 0 fully saturated rings. The van der Waals surface area contributed by atoms with Crippen LogP contribution in [0.15, 0.2) is 24.3 Å². The summed E-state index contributed by atoms with van der Waals surface area (Å²) in [6.45, 7) is 2.02. The largest absolute Gasteiger partial charge is 0.538 e. The molecule has 0 aliphatic rings. The Balaban J connectivity index is 2.74. The summed E-state index contributed by atoms with van der Waals surface area (Å²) in [7, 11) is -4.05. The van der Waals surface area contributed by atoms with Crippen molar-refractivity contribution in [3.8, 4) is 5.75 Å². The highest BCUT2D eigenvalue weighted by Crippen LogP contribution is 2.44. The van der Waals surface area contributed by atoms with Crippen LogP contribution in [0.4, 0.5) is 0 Å². The fourth-order valence-electron chi connectivity index (χ4n) is 0.936. The molecule has 1 unspecified atom stereocenters. The second-order valence-corrected chi connectivity index (χ2v) is 4.41. The van der Waals surface area contributed by atoms with Crippen molar-refractivity contribution < 1.29 is 18.0 Å². The molecular formula is C8H11O4PS. The Morgan fingerprint density at radius 1 is 1.43 bits per heavy atom. The highest BCUT2D eigenvalue weighted by Gasteiger charge is 2.21. The first-order chi connectivity index (χ1) is 6.57. The lowest BCUT2D eigenvalue weighted by atomic mass is 10.2. The molecule has 6 heteroatoms. The minimum absolute atomic E-state index is 0.280. The van der Waals surface area contributed by atoms with Gasteiger partial charge in [-0.15, -0.1) is 0 Å². The molecule has 0 aliphatic heterocycles. The zero-order chi connectivity index (χ0) is 10.6. The topological polar surface area (TPSA) is 55.8 Å². The van der Waals surface area contributed by atoms with Crippen molar-refractivity contribution in [1.82, 2.24) is 0 Å². The average molecular weight is 234 g/mol. The van der Waals surface area contributed by atoms with Crippen LogP contribution >= 0.6 is 20.7 Å². The molecule has 0 bridgehead atoms. The fraction of sp³-hybridized carbons (Fsp3) is 0.250. The van der Waals surface area contributed by atoms with Gasteiger partial charge in [0.2, 0.25) is 0 Å². The molecule has 1 N–H and O–H groups in total. The molecule has 0 aromatic heterocycles. The van der Waals surface area contributed by atoms with E-state index < -0.39 is 7.82 Å². The van der Waals surface area contributed by atoms with Crippen molar-refractivity contribution in [2.75, 3.05) is 0 Å². The SMILES string of the molecule is CCc1ccc(OP(=O)(O)OS)cc1. The van der Waals surface area contributed by atoms with Gasteiger partial charge in [0.15, 0.2) is 0 Å². The molecule has 78 valence electrons. The summed E-state index contributed by atoms with van der Waals surface area (Å²) in [5, 5.41) is 0. The van der Waals surface area contributed by atoms with E-state index in [2.05, 4.69) is 21.4 Å². The Bertz CT molecular complexity index is 338. The third kappa shape index (κ3) is 3.35. The molecule has 0 aliphatic carbocycles. The van der Waals surface area contributed by atoms with E-state index in [9.17, 15) is 4.57 Å². The van der Waals surface area contributed by atoms with E-state index in [1.807, 2.05) is 19.1 Å². The van der Waals surface area contributed by atoms with Crippen molar-refractivity contribution in [3.05, 3.63) is 29.8 Å². The van der Waals surface area contributed by atoms with Gasteiger partial charge in [-0.1, -0.05) is 19.1 Å². The van der Waals surface area contributed by atoms with Crippen LogP contribution in [-0.2, 0) is 15.0 Å². The van der Waals surface area contributed by atoms with Gasteiger partial charge in [0.25, 0.3) is 0 Å². The van der Waals surface area contributed by atoms with Crippen molar-refractivity contribution in [3.63, 3.8) is 0 Å². The third-order valence-electron chi connectivity index (χ3n) is 1.66. The number of rotatable bonds is 4. The lowest BCUT2D eigenvalue weighted by Gasteiger charge is -2.09. The minimum Gasteiger partial charge on any atom is -0.404 e. The number of thiol groups is 1. The molecule has 0 saturated heterocycles. The first-order valence-corrected chi connectivity index (χ1v) is 5.88. The van der Waals surface area contributed by atoms with Crippen molar-refractivity contribution in [2.24, 2.45) is 0 Å². The van der Waals surface area contributed by atoms with Crippen molar-refractivity contribution in [1.29, 1.82) is 0 Å². The molecule has 4 nitrogen and oxygen atoms in total. The molecule has 1 rings (SSSR count). The molecule has 0 saturated carbocycles. The van der Waals surface area contributed by atoms with Crippen LogP contribution in [0.2, 0.25) is 0 Å². The van der Waals surface area contributed by atoms with Gasteiger partial charge < -0.3 is 4.52 Å². The summed E-state index contributed by atoms with van der Waals surface area (Å²) in [6, 6.07) is 6.84. The fourth-order valence-corrected chi connectivity index (χ4v) is 1.46. The van der Waals surface area contributed by atoms with Crippen LogP contribution in [-0.4, -0.2) is 4.89 Å². The van der Waals surface area contributed by atoms with Gasteiger partial charge in [-0.25, -0.2) is 8.54 Å². The predicted octanol–water partition coefficient (Wildman–Crippen LogP) is 2.59. The summed E-state index contributed by atoms with van der Waals surface area (Å²) in [4.78, 5) is 8.94. The third-order valence-corrected chi connectivity index (χ3v) is 2.92. The zero-order valence-electron chi connectivity index (χ0n) is 7.58. The summed E-state index contributed by atoms with van der Waals surface area (Å²) in [5.74, 6) is 0.280. The first-order valence-electron chi connectivity index (χ1n) is 4.02. The Morgan fingerprint density at radius 2 is 2.00 bits per heavy atom. The van der Waals surface area contributed by atoms with E-state index in [1.165, 1.54) is 0 Å². The van der Waals surface area contributed by atoms with Crippen LogP contribution < -0.4 is 4.52 Å². The summed E-state index contributed by atoms with van der Waals surface area (Å²) >= 11 is 3.23. The number of benzene rings is 1. The van der Waals surface area contributed by atoms with Crippen molar-refractivity contribution in [2.45, 2.75) is 13.3 Å². The number of hydrogen-bond acceptors (Lipinski definition) is 4. The molecule has 14 heavy (non-hydrogen) atoms. The van der Waals surface area contributed by atoms with Crippen LogP contribution in [0, 0.1) is 0 Å². The maximum Gasteiger partial charge on any atom is 0.538 e. The highest BCUT2D eigenvalue weighted by atomic mass is 32.1. The lowest BCUT2D eigenvalue weighted by molar-refractivity contribution is 0.308. The van der Waals surface area contributed by atoms with Crippen LogP contribution in [0.1, 0.15) is 12.5 Å². The Hall–Kier alpha value is -0.480. The summed E-state index contributed by atoms with van der Waals surface area (Å²) in [6.07, 6.45) is 0.903. The van der Waals surface area contributed by atoms with Crippen LogP contribution in [0.25, 0.3) is 0 Å². The monoisotopic (exact) mass is 234 g/mol. The average Bonchev–Trinajstić information content (AvgIpc) is 2.19. The Morgan fingerprint density at radius 3 is 2.43 bits per heavy atom. The zero-order valence-corrected chi connectivity index (χ0v) is 9.37. The van der Waals surface area contributed by atoms with Gasteiger partial charge in [-0.2, -0.15) is 0 Å². The van der Waals surface area contributed by atoms with Gasteiger partial charge in [0, 0.05) is 0 Å². The number of phosphoric ester groups is 1. The van der Waals surface area contributed by atoms with E-state index >= 15 is 0 Å². The molecule has 1 aromatic rings. The van der Waals surface area contributed by atoms with Gasteiger partial charge >= 0.3 is 7.82 Å². The molecular weight excluding hydrogens is 223 g/mol. The Labute approximate surface area is 88.1 Å². The van der Waals surface area contributed by atoms with E-state index in [1.54, 1.807) is 12.1 Å². The predicted molar refractivity (Wildman–Crippen MR) is 56.3 cm³/mol. The van der Waals surface area contributed by atoms with Crippen molar-refractivity contribution >= 4 is 20.7 Å². The smallest absolute Gasteiger partial charge is 0.404 e. The lowest BCUT2D eigenvalue weighted by Crippen LogP contribution is -1.91. The quantitative estimate of drug-likeness (QED) is 0.477. The molecule has 1 atom stereocenters. The number of phosphoric acid groups is 1. The molecule has 0 amide bonds. The van der Waals surface area contributed by atoms with Gasteiger partial charge in [0.05, 0.1) is 0 Å². The van der Waals surface area contributed by atoms with Crippen LogP contribution in [0.5, 0.6) is 5.75 Å². The summed E-state index contributed by atoms with van der Waals surface area (Å²) in [5.41, 5.74) is 1.12. The molecule has 0 spiro atoms. The summed E-state index contributed by atoms with van der Waals surface area (Å²) < 4.78 is 19.6. The van der Waals surface area contributed by atoms with E-state index in [0.717, 1.165) is 12.0 Å². The van der Waals surface area contributed by atoms with E-state index in [0.29, 0.717) is 0 Å². The molecule has 0 radical (unpaired) electrons. The van der Waals surface area contributed by atoms with Crippen LogP contribution in [0.3, 0.4) is 0 Å². The normalized spacial score (nSPS) is 14.8. The van der Waals surface area contributed by atoms with E-state index in [-0.39, 0.29) is 5.75 Å². The van der Waals surface area contributed by atoms with Gasteiger partial charge in [0.1, 0.15) is 5.75 Å². The molecule has 1 aromatic carbocycles. The number of hydrogen-bond donors (Lipinski definition) is 2. The second-order valence-electron chi connectivity index (χ2n) is 2.64. The highest BCUT2D eigenvalue weighted by molar-refractivity contribution is 7.80. The maximum absolute atomic E-state index is 10.9.